The maximum Gasteiger partial charge on any atom is 0.254 e. The number of benzene rings is 1. The van der Waals surface area contributed by atoms with Crippen LogP contribution in [0.4, 0.5) is 5.69 Å². The SMILES string of the molecule is CNc1ccc(C(=O)N2CC(C)(O)C2)cc1. The third kappa shape index (κ3) is 2.02. The Labute approximate surface area is 94.9 Å². The predicted octanol–water partition coefficient (Wildman–Crippen LogP) is 0.935. The molecular weight excluding hydrogens is 204 g/mol. The summed E-state index contributed by atoms with van der Waals surface area (Å²) in [6.45, 7) is 2.57. The summed E-state index contributed by atoms with van der Waals surface area (Å²) in [5, 5.41) is 12.6. The Balaban J connectivity index is 2.05. The molecule has 0 radical (unpaired) electrons. The van der Waals surface area contributed by atoms with Crippen molar-refractivity contribution in [3.05, 3.63) is 29.8 Å². The first-order valence-corrected chi connectivity index (χ1v) is 5.31. The van der Waals surface area contributed by atoms with Crippen molar-refractivity contribution in [3.63, 3.8) is 0 Å². The van der Waals surface area contributed by atoms with Crippen molar-refractivity contribution in [2.24, 2.45) is 0 Å². The molecule has 1 aliphatic rings. The van der Waals surface area contributed by atoms with Gasteiger partial charge in [0, 0.05) is 18.3 Å². The number of β-amino-alcohol motifs (C(OH)–C–C–N with tert-alkyl or cyclic N) is 1. The molecule has 0 spiro atoms. The number of nitrogens with one attached hydrogen (secondary N) is 1. The highest BCUT2D eigenvalue weighted by atomic mass is 16.3. The highest BCUT2D eigenvalue weighted by molar-refractivity contribution is 5.95. The van der Waals surface area contributed by atoms with Gasteiger partial charge in [-0.2, -0.15) is 0 Å². The largest absolute Gasteiger partial charge is 0.388 e. The standard InChI is InChI=1S/C12H16N2O2/c1-12(16)7-14(8-12)11(15)9-3-5-10(13-2)6-4-9/h3-6,13,16H,7-8H2,1-2H3. The summed E-state index contributed by atoms with van der Waals surface area (Å²) in [6, 6.07) is 7.32. The van der Waals surface area contributed by atoms with E-state index < -0.39 is 5.60 Å². The molecule has 4 nitrogen and oxygen atoms in total. The number of hydrogen-bond acceptors (Lipinski definition) is 3. The van der Waals surface area contributed by atoms with Crippen LogP contribution in [-0.2, 0) is 0 Å². The number of nitrogens with zero attached hydrogens (tertiary/aromatic N) is 1. The van der Waals surface area contributed by atoms with Gasteiger partial charge in [0.25, 0.3) is 5.91 Å². The number of hydrogen-bond donors (Lipinski definition) is 2. The predicted molar refractivity (Wildman–Crippen MR) is 62.5 cm³/mol. The Bertz CT molecular complexity index is 390. The van der Waals surface area contributed by atoms with Crippen molar-refractivity contribution in [1.82, 2.24) is 4.90 Å². The lowest BCUT2D eigenvalue weighted by Crippen LogP contribution is -2.61. The van der Waals surface area contributed by atoms with Crippen LogP contribution in [0, 0.1) is 0 Å². The third-order valence-corrected chi connectivity index (χ3v) is 2.77. The molecule has 1 saturated heterocycles. The minimum Gasteiger partial charge on any atom is -0.388 e. The molecule has 2 N–H and O–H groups in total. The van der Waals surface area contributed by atoms with Gasteiger partial charge in [0.05, 0.1) is 18.7 Å². The minimum absolute atomic E-state index is 0.0193. The zero-order valence-corrected chi connectivity index (χ0v) is 9.53. The maximum atomic E-state index is 11.9. The highest BCUT2D eigenvalue weighted by Gasteiger charge is 2.39. The Kier molecular flexibility index (Phi) is 2.59. The van der Waals surface area contributed by atoms with Gasteiger partial charge in [-0.15, -0.1) is 0 Å². The second kappa shape index (κ2) is 3.79. The summed E-state index contributed by atoms with van der Waals surface area (Å²) in [5.74, 6) is -0.0193. The second-order valence-electron chi connectivity index (χ2n) is 4.49. The van der Waals surface area contributed by atoms with E-state index in [0.29, 0.717) is 18.7 Å². The third-order valence-electron chi connectivity index (χ3n) is 2.77. The summed E-state index contributed by atoms with van der Waals surface area (Å²) in [7, 11) is 1.84. The highest BCUT2D eigenvalue weighted by Crippen LogP contribution is 2.22. The van der Waals surface area contributed by atoms with Crippen LogP contribution >= 0.6 is 0 Å². The van der Waals surface area contributed by atoms with Crippen LogP contribution < -0.4 is 5.32 Å². The zero-order valence-electron chi connectivity index (χ0n) is 9.53. The van der Waals surface area contributed by atoms with Gasteiger partial charge in [0.15, 0.2) is 0 Å². The van der Waals surface area contributed by atoms with Gasteiger partial charge >= 0.3 is 0 Å². The molecule has 1 heterocycles. The van der Waals surface area contributed by atoms with Crippen LogP contribution in [0.15, 0.2) is 24.3 Å². The quantitative estimate of drug-likeness (QED) is 0.779. The summed E-state index contributed by atoms with van der Waals surface area (Å²) >= 11 is 0. The van der Waals surface area contributed by atoms with E-state index in [1.165, 1.54) is 0 Å². The Morgan fingerprint density at radius 2 is 1.94 bits per heavy atom. The average molecular weight is 220 g/mol. The fraction of sp³-hybridized carbons (Fsp3) is 0.417. The zero-order chi connectivity index (χ0) is 11.8. The Morgan fingerprint density at radius 3 is 2.38 bits per heavy atom. The van der Waals surface area contributed by atoms with Crippen molar-refractivity contribution < 1.29 is 9.90 Å². The molecule has 0 atom stereocenters. The fourth-order valence-electron chi connectivity index (χ4n) is 1.88. The van der Waals surface area contributed by atoms with Gasteiger partial charge < -0.3 is 15.3 Å². The van der Waals surface area contributed by atoms with Gasteiger partial charge in [-0.25, -0.2) is 0 Å². The molecule has 2 rings (SSSR count). The molecule has 1 amide bonds. The van der Waals surface area contributed by atoms with Gasteiger partial charge in [0.2, 0.25) is 0 Å². The van der Waals surface area contributed by atoms with Crippen molar-refractivity contribution in [2.75, 3.05) is 25.5 Å². The van der Waals surface area contributed by atoms with E-state index in [0.717, 1.165) is 5.69 Å². The van der Waals surface area contributed by atoms with Crippen molar-refractivity contribution in [2.45, 2.75) is 12.5 Å². The average Bonchev–Trinajstić information content (AvgIpc) is 2.25. The first kappa shape index (κ1) is 11.0. The van der Waals surface area contributed by atoms with E-state index in [2.05, 4.69) is 5.32 Å². The molecule has 1 aromatic rings. The number of anilines is 1. The van der Waals surface area contributed by atoms with Crippen LogP contribution in [0.25, 0.3) is 0 Å². The van der Waals surface area contributed by atoms with Crippen molar-refractivity contribution in [3.8, 4) is 0 Å². The lowest BCUT2D eigenvalue weighted by atomic mass is 9.96. The first-order valence-electron chi connectivity index (χ1n) is 5.31. The van der Waals surface area contributed by atoms with E-state index in [4.69, 9.17) is 0 Å². The summed E-state index contributed by atoms with van der Waals surface area (Å²) in [5.41, 5.74) is 0.933. The fourth-order valence-corrected chi connectivity index (χ4v) is 1.88. The Morgan fingerprint density at radius 1 is 1.38 bits per heavy atom. The summed E-state index contributed by atoms with van der Waals surface area (Å²) in [6.07, 6.45) is 0. The van der Waals surface area contributed by atoms with Gasteiger partial charge in [-0.3, -0.25) is 4.79 Å². The van der Waals surface area contributed by atoms with Crippen LogP contribution in [0.2, 0.25) is 0 Å². The molecule has 4 heteroatoms. The maximum absolute atomic E-state index is 11.9. The van der Waals surface area contributed by atoms with Crippen LogP contribution in [0.5, 0.6) is 0 Å². The number of rotatable bonds is 2. The molecular formula is C12H16N2O2. The lowest BCUT2D eigenvalue weighted by Gasteiger charge is -2.44. The van der Waals surface area contributed by atoms with Crippen LogP contribution in [0.1, 0.15) is 17.3 Å². The molecule has 0 aliphatic carbocycles. The first-order chi connectivity index (χ1) is 7.52. The number of likely N-dealkylation sites (tertiary alicyclic amines) is 1. The van der Waals surface area contributed by atoms with Crippen LogP contribution in [-0.4, -0.2) is 41.7 Å². The molecule has 0 bridgehead atoms. The van der Waals surface area contributed by atoms with Gasteiger partial charge in [0.1, 0.15) is 0 Å². The number of carbonyl (C=O) groups excluding carboxylic acids is 1. The molecule has 0 saturated carbocycles. The van der Waals surface area contributed by atoms with Gasteiger partial charge in [-0.05, 0) is 31.2 Å². The van der Waals surface area contributed by atoms with Crippen LogP contribution in [0.3, 0.4) is 0 Å². The number of carbonyl (C=O) groups is 1. The molecule has 86 valence electrons. The molecule has 1 fully saturated rings. The molecule has 1 aromatic carbocycles. The minimum atomic E-state index is -0.708. The van der Waals surface area contributed by atoms with E-state index in [-0.39, 0.29) is 5.91 Å². The topological polar surface area (TPSA) is 52.6 Å². The number of amides is 1. The van der Waals surface area contributed by atoms with Crippen molar-refractivity contribution >= 4 is 11.6 Å². The van der Waals surface area contributed by atoms with Gasteiger partial charge in [-0.1, -0.05) is 0 Å². The lowest BCUT2D eigenvalue weighted by molar-refractivity contribution is -0.0668. The van der Waals surface area contributed by atoms with Crippen molar-refractivity contribution in [1.29, 1.82) is 0 Å². The Hall–Kier alpha value is -1.55. The molecule has 0 unspecified atom stereocenters. The normalized spacial score (nSPS) is 17.8. The van der Waals surface area contributed by atoms with E-state index >= 15 is 0 Å². The summed E-state index contributed by atoms with van der Waals surface area (Å²) in [4.78, 5) is 13.6. The van der Waals surface area contributed by atoms with E-state index in [1.807, 2.05) is 19.2 Å². The van der Waals surface area contributed by atoms with E-state index in [1.54, 1.807) is 24.0 Å². The molecule has 16 heavy (non-hydrogen) atoms. The summed E-state index contributed by atoms with van der Waals surface area (Å²) < 4.78 is 0. The molecule has 0 aromatic heterocycles. The number of aliphatic hydroxyl groups is 1. The van der Waals surface area contributed by atoms with E-state index in [9.17, 15) is 9.90 Å². The second-order valence-corrected chi connectivity index (χ2v) is 4.49. The smallest absolute Gasteiger partial charge is 0.254 e. The molecule has 1 aliphatic heterocycles. The monoisotopic (exact) mass is 220 g/mol.